The number of hydrogen-bond acceptors (Lipinski definition) is 4. The summed E-state index contributed by atoms with van der Waals surface area (Å²) in [6.45, 7) is 17.0. The number of benzene rings is 1. The first-order valence-electron chi connectivity index (χ1n) is 22.7. The number of hydrogen-bond donors (Lipinski definition) is 0. The van der Waals surface area contributed by atoms with Crippen LogP contribution in [-0.2, 0) is 9.47 Å². The zero-order chi connectivity index (χ0) is 38.2. The molecule has 0 unspecified atom stereocenters. The smallest absolute Gasteiger partial charge is 0.339 e. The lowest BCUT2D eigenvalue weighted by atomic mass is 9.84. The highest BCUT2D eigenvalue weighted by molar-refractivity contribution is 6.03. The number of carbonyl (C=O) groups excluding carboxylic acids is 2. The third-order valence-electron chi connectivity index (χ3n) is 12.1. The van der Waals surface area contributed by atoms with Crippen LogP contribution in [0.3, 0.4) is 0 Å². The molecule has 0 aliphatic heterocycles. The van der Waals surface area contributed by atoms with Gasteiger partial charge in [0, 0.05) is 0 Å². The van der Waals surface area contributed by atoms with Crippen LogP contribution in [-0.4, -0.2) is 25.2 Å². The van der Waals surface area contributed by atoms with Crippen LogP contribution in [0.25, 0.3) is 0 Å². The van der Waals surface area contributed by atoms with Crippen LogP contribution < -0.4 is 0 Å². The fourth-order valence-corrected chi connectivity index (χ4v) is 7.91. The summed E-state index contributed by atoms with van der Waals surface area (Å²) in [6.07, 6.45) is 33.4. The third kappa shape index (κ3) is 23.1. The van der Waals surface area contributed by atoms with Gasteiger partial charge in [-0.05, 0) is 54.6 Å². The molecule has 0 aliphatic carbocycles. The van der Waals surface area contributed by atoms with Gasteiger partial charge in [0.15, 0.2) is 0 Å². The van der Waals surface area contributed by atoms with Crippen molar-refractivity contribution in [2.75, 3.05) is 13.2 Å². The second kappa shape index (κ2) is 32.6. The van der Waals surface area contributed by atoms with Gasteiger partial charge in [0.1, 0.15) is 0 Å². The molecule has 0 amide bonds. The number of carbonyl (C=O) groups is 2. The van der Waals surface area contributed by atoms with E-state index in [1.54, 1.807) is 24.3 Å². The lowest BCUT2D eigenvalue weighted by molar-refractivity contribution is 0.0381. The maximum Gasteiger partial charge on any atom is 0.339 e. The summed E-state index contributed by atoms with van der Waals surface area (Å²) >= 11 is 0. The monoisotopic (exact) mass is 727 g/mol. The number of ether oxygens (including phenoxy) is 2. The average Bonchev–Trinajstić information content (AvgIpc) is 3.16. The summed E-state index contributed by atoms with van der Waals surface area (Å²) in [5, 5.41) is 0. The predicted molar refractivity (Wildman–Crippen MR) is 224 cm³/mol. The molecule has 0 spiro atoms. The average molecular weight is 727 g/mol. The molecule has 0 bridgehead atoms. The van der Waals surface area contributed by atoms with Crippen molar-refractivity contribution in [3.63, 3.8) is 0 Å². The van der Waals surface area contributed by atoms with E-state index in [-0.39, 0.29) is 0 Å². The van der Waals surface area contributed by atoms with E-state index in [0.717, 1.165) is 43.4 Å². The molecule has 0 radical (unpaired) electrons. The zero-order valence-electron chi connectivity index (χ0n) is 35.6. The van der Waals surface area contributed by atoms with Crippen molar-refractivity contribution in [2.45, 2.75) is 215 Å². The molecule has 0 aliphatic rings. The molecule has 4 nitrogen and oxygen atoms in total. The lowest BCUT2D eigenvalue weighted by Crippen LogP contribution is -2.19. The molecule has 5 atom stereocenters. The van der Waals surface area contributed by atoms with E-state index in [1.807, 2.05) is 0 Å². The molecule has 302 valence electrons. The Balaban J connectivity index is 2.31. The van der Waals surface area contributed by atoms with Gasteiger partial charge in [0.2, 0.25) is 0 Å². The molecule has 0 saturated carbocycles. The summed E-state index contributed by atoms with van der Waals surface area (Å²) in [6, 6.07) is 6.97. The fourth-order valence-electron chi connectivity index (χ4n) is 7.91. The molecule has 52 heavy (non-hydrogen) atoms. The Kier molecular flexibility index (Phi) is 30.2. The van der Waals surface area contributed by atoms with Crippen LogP contribution in [0.1, 0.15) is 236 Å². The van der Waals surface area contributed by atoms with Gasteiger partial charge < -0.3 is 9.47 Å². The summed E-state index contributed by atoms with van der Waals surface area (Å²) in [4.78, 5) is 26.3. The Bertz CT molecular complexity index is 988. The van der Waals surface area contributed by atoms with Gasteiger partial charge in [0.05, 0.1) is 24.3 Å². The molecular weight excluding hydrogens is 641 g/mol. The van der Waals surface area contributed by atoms with E-state index >= 15 is 0 Å². The quantitative estimate of drug-likeness (QED) is 0.0516. The molecule has 0 saturated heterocycles. The van der Waals surface area contributed by atoms with Gasteiger partial charge in [-0.15, -0.1) is 0 Å². The molecule has 4 heteroatoms. The van der Waals surface area contributed by atoms with E-state index < -0.39 is 11.9 Å². The second-order valence-corrected chi connectivity index (χ2v) is 16.6. The molecule has 0 N–H and O–H groups in total. The molecule has 0 fully saturated rings. The first-order chi connectivity index (χ1) is 25.3. The maximum atomic E-state index is 13.1. The van der Waals surface area contributed by atoms with Crippen LogP contribution >= 0.6 is 0 Å². The summed E-state index contributed by atoms with van der Waals surface area (Å²) in [5.74, 6) is 2.52. The minimum absolute atomic E-state index is 0.315. The van der Waals surface area contributed by atoms with E-state index in [2.05, 4.69) is 48.5 Å². The van der Waals surface area contributed by atoms with Crippen LogP contribution in [0.5, 0.6) is 0 Å². The molecule has 1 aromatic rings. The van der Waals surface area contributed by atoms with Gasteiger partial charge in [-0.3, -0.25) is 0 Å². The highest BCUT2D eigenvalue weighted by atomic mass is 16.5. The van der Waals surface area contributed by atoms with Crippen LogP contribution in [0.2, 0.25) is 0 Å². The van der Waals surface area contributed by atoms with Gasteiger partial charge in [-0.2, -0.15) is 0 Å². The van der Waals surface area contributed by atoms with Crippen molar-refractivity contribution in [1.82, 2.24) is 0 Å². The number of esters is 2. The Labute approximate surface area is 323 Å². The summed E-state index contributed by atoms with van der Waals surface area (Å²) in [7, 11) is 0. The largest absolute Gasteiger partial charge is 0.462 e. The van der Waals surface area contributed by atoms with Crippen LogP contribution in [0, 0.1) is 29.6 Å². The molecular formula is C48H86O4. The Morgan fingerprint density at radius 3 is 1.31 bits per heavy atom. The van der Waals surface area contributed by atoms with Crippen LogP contribution in [0.4, 0.5) is 0 Å². The number of rotatable bonds is 35. The van der Waals surface area contributed by atoms with Gasteiger partial charge >= 0.3 is 11.9 Å². The fraction of sp³-hybridized carbons (Fsp3) is 0.833. The van der Waals surface area contributed by atoms with Crippen molar-refractivity contribution in [2.24, 2.45) is 29.6 Å². The SMILES string of the molecule is CCCCC[C@H](C)CCCCCCCC[C@H](CC)COC(=O)c1ccccc1C(=O)OC[C@H](CC)CCCCCCCC[C@H](C)[C@H](CC)CCCC. The second-order valence-electron chi connectivity index (χ2n) is 16.6. The summed E-state index contributed by atoms with van der Waals surface area (Å²) in [5.41, 5.74) is 0.631. The highest BCUT2D eigenvalue weighted by Crippen LogP contribution is 2.27. The predicted octanol–water partition coefficient (Wildman–Crippen LogP) is 15.4. The third-order valence-corrected chi connectivity index (χ3v) is 12.1. The van der Waals surface area contributed by atoms with Crippen molar-refractivity contribution in [3.05, 3.63) is 35.4 Å². The number of unbranched alkanes of at least 4 members (excludes halogenated alkanes) is 13. The van der Waals surface area contributed by atoms with E-state index in [0.29, 0.717) is 36.2 Å². The lowest BCUT2D eigenvalue weighted by Gasteiger charge is -2.22. The zero-order valence-corrected chi connectivity index (χ0v) is 35.6. The first-order valence-corrected chi connectivity index (χ1v) is 22.7. The Morgan fingerprint density at radius 2 is 0.885 bits per heavy atom. The topological polar surface area (TPSA) is 52.6 Å². The normalized spacial score (nSPS) is 14.4. The first kappa shape index (κ1) is 48.2. The van der Waals surface area contributed by atoms with Gasteiger partial charge in [-0.1, -0.05) is 215 Å². The highest BCUT2D eigenvalue weighted by Gasteiger charge is 2.21. The molecule has 1 rings (SSSR count). The van der Waals surface area contributed by atoms with Crippen molar-refractivity contribution in [3.8, 4) is 0 Å². The van der Waals surface area contributed by atoms with Gasteiger partial charge in [-0.25, -0.2) is 9.59 Å². The van der Waals surface area contributed by atoms with E-state index in [9.17, 15) is 9.59 Å². The van der Waals surface area contributed by atoms with Crippen molar-refractivity contribution in [1.29, 1.82) is 0 Å². The molecule has 0 aromatic heterocycles. The molecule has 1 aromatic carbocycles. The minimum atomic E-state index is -0.418. The van der Waals surface area contributed by atoms with Crippen LogP contribution in [0.15, 0.2) is 24.3 Å². The van der Waals surface area contributed by atoms with E-state index in [4.69, 9.17) is 9.47 Å². The van der Waals surface area contributed by atoms with Crippen molar-refractivity contribution >= 4 is 11.9 Å². The Hall–Kier alpha value is -1.84. The molecule has 0 heterocycles. The summed E-state index contributed by atoms with van der Waals surface area (Å²) < 4.78 is 11.6. The minimum Gasteiger partial charge on any atom is -0.462 e. The van der Waals surface area contributed by atoms with E-state index in [1.165, 1.54) is 141 Å². The standard InChI is InChI=1S/C48H86O4/c1-8-13-23-30-40(6)31-24-19-15-17-21-26-33-42(10-3)38-51-47(49)45-36-28-29-37-46(45)48(50)52-39-43(11-4)34-27-22-18-16-20-25-32-41(7)44(12-5)35-14-9-2/h28-29,36-37,40-44H,8-27,30-35,38-39H2,1-7H3/t40-,41-,42-,43+,44+/m0/s1. The van der Waals surface area contributed by atoms with Gasteiger partial charge in [0.25, 0.3) is 0 Å². The van der Waals surface area contributed by atoms with Crippen molar-refractivity contribution < 1.29 is 19.1 Å². The Morgan fingerprint density at radius 1 is 0.481 bits per heavy atom. The maximum absolute atomic E-state index is 13.1.